The molecule has 0 aliphatic heterocycles. The molecule has 0 heterocycles. The lowest BCUT2D eigenvalue weighted by atomic mass is 9.89. The van der Waals surface area contributed by atoms with Crippen LogP contribution in [-0.4, -0.2) is 58.5 Å². The van der Waals surface area contributed by atoms with Gasteiger partial charge in [0.2, 0.25) is 5.91 Å². The van der Waals surface area contributed by atoms with E-state index >= 15 is 0 Å². The van der Waals surface area contributed by atoms with Gasteiger partial charge >= 0.3 is 0 Å². The molecule has 5 nitrogen and oxygen atoms in total. The maximum atomic E-state index is 11.5. The van der Waals surface area contributed by atoms with Gasteiger partial charge < -0.3 is 20.2 Å². The van der Waals surface area contributed by atoms with E-state index in [9.17, 15) is 20.1 Å². The molecule has 27 heavy (non-hydrogen) atoms. The molecule has 0 radical (unpaired) electrons. The average Bonchev–Trinajstić information content (AvgIpc) is 2.88. The second-order valence-corrected chi connectivity index (χ2v) is 7.95. The minimum Gasteiger partial charge on any atom is -0.393 e. The van der Waals surface area contributed by atoms with Crippen LogP contribution in [0.3, 0.4) is 0 Å². The molecule has 0 aromatic carbocycles. The third-order valence-electron chi connectivity index (χ3n) is 5.41. The van der Waals surface area contributed by atoms with E-state index in [2.05, 4.69) is 13.0 Å². The number of carbonyl (C=O) groups excluding carboxylic acids is 1. The van der Waals surface area contributed by atoms with Crippen molar-refractivity contribution in [3.05, 3.63) is 24.3 Å². The van der Waals surface area contributed by atoms with Crippen LogP contribution in [0, 0.1) is 11.8 Å². The topological polar surface area (TPSA) is 81.0 Å². The lowest BCUT2D eigenvalue weighted by molar-refractivity contribution is -0.128. The zero-order chi connectivity index (χ0) is 20.2. The summed E-state index contributed by atoms with van der Waals surface area (Å²) in [5.41, 5.74) is 0. The van der Waals surface area contributed by atoms with Crippen molar-refractivity contribution in [2.45, 2.75) is 83.0 Å². The highest BCUT2D eigenvalue weighted by molar-refractivity contribution is 5.75. The monoisotopic (exact) mass is 381 g/mol. The Balaban J connectivity index is 2.44. The van der Waals surface area contributed by atoms with E-state index in [0.717, 1.165) is 38.5 Å². The van der Waals surface area contributed by atoms with Crippen LogP contribution in [0.2, 0.25) is 0 Å². The first-order valence-electron chi connectivity index (χ1n) is 10.4. The zero-order valence-electron chi connectivity index (χ0n) is 17.3. The normalized spacial score (nSPS) is 26.9. The number of amides is 1. The maximum absolute atomic E-state index is 11.5. The van der Waals surface area contributed by atoms with Gasteiger partial charge in [0.1, 0.15) is 0 Å². The van der Waals surface area contributed by atoms with Crippen molar-refractivity contribution in [1.82, 2.24) is 4.90 Å². The first kappa shape index (κ1) is 23.9. The van der Waals surface area contributed by atoms with E-state index in [0.29, 0.717) is 19.3 Å². The molecular weight excluding hydrogens is 342 g/mol. The van der Waals surface area contributed by atoms with E-state index in [1.54, 1.807) is 25.1 Å². The molecule has 5 atom stereocenters. The molecule has 0 spiro atoms. The zero-order valence-corrected chi connectivity index (χ0v) is 17.3. The predicted molar refractivity (Wildman–Crippen MR) is 109 cm³/mol. The Morgan fingerprint density at radius 2 is 1.89 bits per heavy atom. The van der Waals surface area contributed by atoms with Crippen molar-refractivity contribution in [1.29, 1.82) is 0 Å². The number of aliphatic hydroxyl groups is 3. The van der Waals surface area contributed by atoms with Crippen LogP contribution in [0.5, 0.6) is 0 Å². The van der Waals surface area contributed by atoms with Crippen LogP contribution < -0.4 is 0 Å². The number of allylic oxidation sites excluding steroid dienone is 2. The van der Waals surface area contributed by atoms with E-state index < -0.39 is 18.3 Å². The van der Waals surface area contributed by atoms with Crippen molar-refractivity contribution in [3.63, 3.8) is 0 Å². The number of nitrogens with zero attached hydrogens (tertiary/aromatic N) is 1. The molecule has 1 aliphatic carbocycles. The third-order valence-corrected chi connectivity index (χ3v) is 5.41. The summed E-state index contributed by atoms with van der Waals surface area (Å²) in [6.07, 6.45) is 13.5. The van der Waals surface area contributed by atoms with Crippen LogP contribution in [0.4, 0.5) is 0 Å². The van der Waals surface area contributed by atoms with Gasteiger partial charge in [-0.2, -0.15) is 0 Å². The summed E-state index contributed by atoms with van der Waals surface area (Å²) in [5.74, 6) is -0.0139. The van der Waals surface area contributed by atoms with Crippen molar-refractivity contribution in [2.24, 2.45) is 11.8 Å². The van der Waals surface area contributed by atoms with Crippen molar-refractivity contribution in [2.75, 3.05) is 14.1 Å². The van der Waals surface area contributed by atoms with Crippen LogP contribution in [-0.2, 0) is 4.79 Å². The summed E-state index contributed by atoms with van der Waals surface area (Å²) >= 11 is 0. The van der Waals surface area contributed by atoms with Gasteiger partial charge in [0, 0.05) is 32.9 Å². The van der Waals surface area contributed by atoms with Crippen molar-refractivity contribution in [3.8, 4) is 0 Å². The van der Waals surface area contributed by atoms with Gasteiger partial charge in [-0.1, -0.05) is 50.5 Å². The standard InChI is InChI=1S/C22H39NO4/c1-4-5-8-11-17(24)14-15-19-18(20(25)16-21(19)26)12-9-6-7-10-13-22(27)23(2)3/h6,9,14-15,17-21,24-26H,4-5,7-8,10-13,16H2,1-3H3/t17-,18-,19-,20+,21-/m1/s1. The Labute approximate surface area is 164 Å². The molecule has 3 N–H and O–H groups in total. The molecule has 1 fully saturated rings. The van der Waals surface area contributed by atoms with Gasteiger partial charge in [0.05, 0.1) is 18.3 Å². The molecule has 1 aliphatic rings. The minimum atomic E-state index is -0.560. The van der Waals surface area contributed by atoms with Crippen LogP contribution >= 0.6 is 0 Å². The Morgan fingerprint density at radius 1 is 1.15 bits per heavy atom. The number of hydrogen-bond acceptors (Lipinski definition) is 4. The van der Waals surface area contributed by atoms with E-state index in [4.69, 9.17) is 0 Å². The number of aliphatic hydroxyl groups excluding tert-OH is 3. The molecular formula is C22H39NO4. The third kappa shape index (κ3) is 9.04. The van der Waals surface area contributed by atoms with Gasteiger partial charge in [-0.25, -0.2) is 0 Å². The predicted octanol–water partition coefficient (Wildman–Crippen LogP) is 3.05. The summed E-state index contributed by atoms with van der Waals surface area (Å²) in [7, 11) is 3.53. The summed E-state index contributed by atoms with van der Waals surface area (Å²) in [6, 6.07) is 0. The molecule has 5 heteroatoms. The Hall–Kier alpha value is -1.17. The highest BCUT2D eigenvalue weighted by atomic mass is 16.3. The molecule has 1 saturated carbocycles. The average molecular weight is 382 g/mol. The van der Waals surface area contributed by atoms with E-state index in [-0.39, 0.29) is 17.7 Å². The Bertz CT molecular complexity index is 475. The number of hydrogen-bond donors (Lipinski definition) is 3. The van der Waals surface area contributed by atoms with E-state index in [1.807, 2.05) is 12.2 Å². The minimum absolute atomic E-state index is 0.0289. The highest BCUT2D eigenvalue weighted by Crippen LogP contribution is 2.36. The summed E-state index contributed by atoms with van der Waals surface area (Å²) in [6.45, 7) is 2.14. The summed E-state index contributed by atoms with van der Waals surface area (Å²) in [5, 5.41) is 30.6. The second kappa shape index (κ2) is 13.1. The highest BCUT2D eigenvalue weighted by Gasteiger charge is 2.39. The maximum Gasteiger partial charge on any atom is 0.222 e. The number of unbranched alkanes of at least 4 members (excludes halogenated alkanes) is 3. The fourth-order valence-corrected chi connectivity index (χ4v) is 3.63. The fourth-order valence-electron chi connectivity index (χ4n) is 3.63. The number of rotatable bonds is 12. The van der Waals surface area contributed by atoms with Crippen molar-refractivity contribution >= 4 is 5.91 Å². The first-order valence-corrected chi connectivity index (χ1v) is 10.4. The van der Waals surface area contributed by atoms with Gasteiger partial charge in [0.15, 0.2) is 0 Å². The molecule has 1 rings (SSSR count). The first-order chi connectivity index (χ1) is 12.9. The van der Waals surface area contributed by atoms with Gasteiger partial charge in [-0.05, 0) is 31.6 Å². The SMILES string of the molecule is CCCCC[C@@H](O)C=C[C@@H]1[C@@H](CC=CCCCC(=O)N(C)C)[C@@H](O)C[C@H]1O. The van der Waals surface area contributed by atoms with Crippen LogP contribution in [0.1, 0.15) is 64.7 Å². The summed E-state index contributed by atoms with van der Waals surface area (Å²) < 4.78 is 0. The molecule has 1 amide bonds. The quantitative estimate of drug-likeness (QED) is 0.358. The van der Waals surface area contributed by atoms with Gasteiger partial charge in [0.25, 0.3) is 0 Å². The summed E-state index contributed by atoms with van der Waals surface area (Å²) in [4.78, 5) is 13.1. The number of carbonyl (C=O) groups is 1. The fraction of sp³-hybridized carbons (Fsp3) is 0.773. The largest absolute Gasteiger partial charge is 0.393 e. The smallest absolute Gasteiger partial charge is 0.222 e. The van der Waals surface area contributed by atoms with Gasteiger partial charge in [-0.3, -0.25) is 4.79 Å². The molecule has 0 aromatic heterocycles. The van der Waals surface area contributed by atoms with E-state index in [1.165, 1.54) is 0 Å². The van der Waals surface area contributed by atoms with Crippen LogP contribution in [0.25, 0.3) is 0 Å². The molecule has 0 unspecified atom stereocenters. The molecule has 0 saturated heterocycles. The lowest BCUT2D eigenvalue weighted by Crippen LogP contribution is -2.21. The van der Waals surface area contributed by atoms with Crippen molar-refractivity contribution < 1.29 is 20.1 Å². The molecule has 0 bridgehead atoms. The van der Waals surface area contributed by atoms with Crippen LogP contribution in [0.15, 0.2) is 24.3 Å². The second-order valence-electron chi connectivity index (χ2n) is 7.95. The Kier molecular flexibility index (Phi) is 11.6. The lowest BCUT2D eigenvalue weighted by Gasteiger charge is -2.19. The molecule has 156 valence electrons. The Morgan fingerprint density at radius 3 is 2.56 bits per heavy atom. The molecule has 0 aromatic rings. The van der Waals surface area contributed by atoms with Gasteiger partial charge in [-0.15, -0.1) is 0 Å².